The highest BCUT2D eigenvalue weighted by molar-refractivity contribution is 7.10. The number of esters is 1. The number of benzene rings is 1. The molecule has 0 saturated heterocycles. The van der Waals surface area contributed by atoms with Crippen molar-refractivity contribution in [2.45, 2.75) is 38.6 Å². The van der Waals surface area contributed by atoms with E-state index in [0.29, 0.717) is 30.7 Å². The number of nitrogens with two attached hydrogens (primary N) is 1. The van der Waals surface area contributed by atoms with Gasteiger partial charge in [0.05, 0.1) is 29.9 Å². The van der Waals surface area contributed by atoms with Crippen molar-refractivity contribution in [1.82, 2.24) is 9.55 Å². The summed E-state index contributed by atoms with van der Waals surface area (Å²) in [7, 11) is 0. The van der Waals surface area contributed by atoms with Crippen LogP contribution in [0.25, 0.3) is 11.0 Å². The molecule has 0 fully saturated rings. The zero-order valence-corrected chi connectivity index (χ0v) is 18.5. The number of hydrogen-bond donors (Lipinski definition) is 1. The van der Waals surface area contributed by atoms with Crippen LogP contribution in [0.3, 0.4) is 0 Å². The monoisotopic (exact) mass is 449 g/mol. The third-order valence-electron chi connectivity index (χ3n) is 5.82. The van der Waals surface area contributed by atoms with Crippen LogP contribution in [0, 0.1) is 0 Å². The van der Waals surface area contributed by atoms with Crippen LogP contribution in [0.1, 0.15) is 42.5 Å². The van der Waals surface area contributed by atoms with E-state index in [9.17, 15) is 9.59 Å². The fourth-order valence-corrected chi connectivity index (χ4v) is 5.43. The van der Waals surface area contributed by atoms with E-state index in [-0.39, 0.29) is 23.8 Å². The second-order valence-electron chi connectivity index (χ2n) is 7.87. The Morgan fingerprint density at radius 1 is 1.34 bits per heavy atom. The molecule has 32 heavy (non-hydrogen) atoms. The summed E-state index contributed by atoms with van der Waals surface area (Å²) in [6.45, 7) is 2.59. The Morgan fingerprint density at radius 2 is 2.19 bits per heavy atom. The minimum absolute atomic E-state index is 0.00102. The predicted octanol–water partition coefficient (Wildman–Crippen LogP) is 4.00. The molecule has 0 amide bonds. The van der Waals surface area contributed by atoms with Crippen LogP contribution in [0.15, 0.2) is 64.8 Å². The number of thiophene rings is 1. The highest BCUT2D eigenvalue weighted by Gasteiger charge is 2.41. The lowest BCUT2D eigenvalue weighted by Gasteiger charge is -2.31. The molecule has 7 nitrogen and oxygen atoms in total. The van der Waals surface area contributed by atoms with Crippen molar-refractivity contribution < 1.29 is 19.1 Å². The SMILES string of the molecule is CCOC(=O)C1=C(N)OC2=C(C(=O)CCC2)[C@@H]1c1cc(Cn2cnc3ccccc32)cs1. The number of rotatable bonds is 5. The largest absolute Gasteiger partial charge is 0.462 e. The number of carbonyl (C=O) groups is 2. The Balaban J connectivity index is 1.54. The van der Waals surface area contributed by atoms with E-state index in [1.165, 1.54) is 11.3 Å². The van der Waals surface area contributed by atoms with Crippen molar-refractivity contribution in [3.63, 3.8) is 0 Å². The first-order chi connectivity index (χ1) is 15.6. The standard InChI is InChI=1S/C24H23N3O4S/c1-2-30-24(29)22-21(20-17(28)8-5-9-18(20)31-23(22)25)19-10-14(12-32-19)11-27-13-26-15-6-3-4-7-16(15)27/h3-4,6-7,10,12-13,21H,2,5,8-9,11,25H2,1H3/t21-/m0/s1. The molecular weight excluding hydrogens is 426 g/mol. The number of allylic oxidation sites excluding steroid dienone is 2. The first-order valence-electron chi connectivity index (χ1n) is 10.6. The molecule has 0 saturated carbocycles. The maximum Gasteiger partial charge on any atom is 0.340 e. The van der Waals surface area contributed by atoms with Crippen molar-refractivity contribution in [1.29, 1.82) is 0 Å². The van der Waals surface area contributed by atoms with Crippen molar-refractivity contribution >= 4 is 34.1 Å². The van der Waals surface area contributed by atoms with Gasteiger partial charge in [-0.2, -0.15) is 0 Å². The Kier molecular flexibility index (Phi) is 5.30. The fourth-order valence-electron chi connectivity index (χ4n) is 4.41. The van der Waals surface area contributed by atoms with Crippen LogP contribution in [0.2, 0.25) is 0 Å². The Bertz CT molecular complexity index is 1280. The highest BCUT2D eigenvalue weighted by atomic mass is 32.1. The molecule has 2 aliphatic rings. The Morgan fingerprint density at radius 3 is 3.03 bits per heavy atom. The summed E-state index contributed by atoms with van der Waals surface area (Å²) >= 11 is 1.51. The summed E-state index contributed by atoms with van der Waals surface area (Å²) in [4.78, 5) is 31.0. The van der Waals surface area contributed by atoms with Gasteiger partial charge in [0, 0.05) is 29.8 Å². The van der Waals surface area contributed by atoms with Crippen LogP contribution in [-0.2, 0) is 25.6 Å². The molecule has 2 aromatic heterocycles. The van der Waals surface area contributed by atoms with Gasteiger partial charge in [-0.05, 0) is 42.5 Å². The topological polar surface area (TPSA) is 96.4 Å². The van der Waals surface area contributed by atoms with Gasteiger partial charge in [-0.15, -0.1) is 11.3 Å². The molecule has 2 N–H and O–H groups in total. The maximum absolute atomic E-state index is 12.9. The molecule has 1 aromatic carbocycles. The molecule has 3 aromatic rings. The number of ketones is 1. The van der Waals surface area contributed by atoms with Gasteiger partial charge in [0.25, 0.3) is 0 Å². The molecule has 0 bridgehead atoms. The second kappa shape index (κ2) is 8.27. The Hall–Kier alpha value is -3.39. The van der Waals surface area contributed by atoms with E-state index < -0.39 is 11.9 Å². The number of Topliss-reactive ketones (excluding diaryl/α,β-unsaturated/α-hetero) is 1. The number of aromatic nitrogens is 2. The number of fused-ring (bicyclic) bond motifs is 1. The van der Waals surface area contributed by atoms with Gasteiger partial charge in [0.15, 0.2) is 5.78 Å². The van der Waals surface area contributed by atoms with E-state index in [0.717, 1.165) is 27.9 Å². The number of ether oxygens (including phenoxy) is 2. The summed E-state index contributed by atoms with van der Waals surface area (Å²) in [5, 5.41) is 2.05. The second-order valence-corrected chi connectivity index (χ2v) is 8.81. The van der Waals surface area contributed by atoms with Gasteiger partial charge < -0.3 is 19.8 Å². The van der Waals surface area contributed by atoms with Gasteiger partial charge in [0.2, 0.25) is 5.88 Å². The molecule has 0 unspecified atom stereocenters. The van der Waals surface area contributed by atoms with Gasteiger partial charge in [-0.25, -0.2) is 9.78 Å². The minimum atomic E-state index is -0.566. The fraction of sp³-hybridized carbons (Fsp3) is 0.292. The normalized spacial score (nSPS) is 18.7. The number of para-hydroxylation sites is 2. The molecule has 1 aliphatic carbocycles. The lowest BCUT2D eigenvalue weighted by Crippen LogP contribution is -2.31. The average molecular weight is 450 g/mol. The van der Waals surface area contributed by atoms with Crippen molar-refractivity contribution in [2.75, 3.05) is 6.61 Å². The molecule has 8 heteroatoms. The maximum atomic E-state index is 12.9. The molecular formula is C24H23N3O4S. The van der Waals surface area contributed by atoms with E-state index in [4.69, 9.17) is 15.2 Å². The van der Waals surface area contributed by atoms with Crippen molar-refractivity contribution in [3.05, 3.63) is 75.3 Å². The molecule has 5 rings (SSSR count). The summed E-state index contributed by atoms with van der Waals surface area (Å²) in [6, 6.07) is 10.0. The van der Waals surface area contributed by atoms with Gasteiger partial charge in [-0.1, -0.05) is 12.1 Å². The van der Waals surface area contributed by atoms with Crippen molar-refractivity contribution in [2.24, 2.45) is 5.73 Å². The number of imidazole rings is 1. The van der Waals surface area contributed by atoms with Gasteiger partial charge >= 0.3 is 5.97 Å². The van der Waals surface area contributed by atoms with Crippen LogP contribution in [-0.4, -0.2) is 27.9 Å². The quantitative estimate of drug-likeness (QED) is 0.592. The van der Waals surface area contributed by atoms with Crippen LogP contribution >= 0.6 is 11.3 Å². The van der Waals surface area contributed by atoms with Crippen molar-refractivity contribution in [3.8, 4) is 0 Å². The number of hydrogen-bond acceptors (Lipinski definition) is 7. The molecule has 0 radical (unpaired) electrons. The lowest BCUT2D eigenvalue weighted by molar-refractivity contribution is -0.139. The predicted molar refractivity (Wildman–Crippen MR) is 121 cm³/mol. The summed E-state index contributed by atoms with van der Waals surface area (Å²) in [5.74, 6) is -0.509. The number of carbonyl (C=O) groups excluding carboxylic acids is 2. The summed E-state index contributed by atoms with van der Waals surface area (Å²) in [5.41, 5.74) is 9.97. The highest BCUT2D eigenvalue weighted by Crippen LogP contribution is 2.45. The molecule has 0 spiro atoms. The van der Waals surface area contributed by atoms with Crippen LogP contribution < -0.4 is 5.73 Å². The zero-order valence-electron chi connectivity index (χ0n) is 17.7. The smallest absolute Gasteiger partial charge is 0.340 e. The van der Waals surface area contributed by atoms with Crippen LogP contribution in [0.4, 0.5) is 0 Å². The summed E-state index contributed by atoms with van der Waals surface area (Å²) in [6.07, 6.45) is 3.61. The minimum Gasteiger partial charge on any atom is -0.462 e. The third-order valence-corrected chi connectivity index (χ3v) is 6.86. The summed E-state index contributed by atoms with van der Waals surface area (Å²) < 4.78 is 13.1. The first kappa shape index (κ1) is 20.5. The van der Waals surface area contributed by atoms with E-state index >= 15 is 0 Å². The van der Waals surface area contributed by atoms with Crippen LogP contribution in [0.5, 0.6) is 0 Å². The van der Waals surface area contributed by atoms with E-state index in [1.54, 1.807) is 6.92 Å². The van der Waals surface area contributed by atoms with E-state index in [1.807, 2.05) is 42.0 Å². The Labute approximate surface area is 189 Å². The molecule has 3 heterocycles. The lowest BCUT2D eigenvalue weighted by atomic mass is 9.80. The van der Waals surface area contributed by atoms with Gasteiger partial charge in [0.1, 0.15) is 11.3 Å². The number of nitrogens with zero attached hydrogens (tertiary/aromatic N) is 2. The molecule has 1 aliphatic heterocycles. The third kappa shape index (κ3) is 3.50. The first-order valence-corrected chi connectivity index (χ1v) is 11.5. The van der Waals surface area contributed by atoms with E-state index in [2.05, 4.69) is 9.55 Å². The zero-order chi connectivity index (χ0) is 22.2. The molecule has 164 valence electrons. The average Bonchev–Trinajstić information content (AvgIpc) is 3.41. The molecule has 1 atom stereocenters. The van der Waals surface area contributed by atoms with Gasteiger partial charge in [-0.3, -0.25) is 4.79 Å².